The van der Waals surface area contributed by atoms with Crippen LogP contribution in [-0.4, -0.2) is 15.0 Å². The standard InChI is InChI=1S/C19H15N3/c1-14-9-11-16(12-10-14)22-20-13-19(21-22)18-8-4-6-15-5-2-3-7-17(15)18/h2-13H,1H3. The lowest BCUT2D eigenvalue weighted by Crippen LogP contribution is -1.98. The number of benzene rings is 3. The molecule has 1 heterocycles. The molecule has 0 radical (unpaired) electrons. The van der Waals surface area contributed by atoms with E-state index in [4.69, 9.17) is 0 Å². The Morgan fingerprint density at radius 1 is 0.818 bits per heavy atom. The van der Waals surface area contributed by atoms with Gasteiger partial charge in [-0.2, -0.15) is 9.90 Å². The van der Waals surface area contributed by atoms with Crippen LogP contribution in [0.5, 0.6) is 0 Å². The molecular formula is C19H15N3. The van der Waals surface area contributed by atoms with Crippen LogP contribution in [0.25, 0.3) is 27.7 Å². The normalized spacial score (nSPS) is 11.0. The summed E-state index contributed by atoms with van der Waals surface area (Å²) in [6.07, 6.45) is 1.82. The van der Waals surface area contributed by atoms with Crippen LogP contribution in [0.3, 0.4) is 0 Å². The summed E-state index contributed by atoms with van der Waals surface area (Å²) in [7, 11) is 0. The molecule has 0 unspecified atom stereocenters. The lowest BCUT2D eigenvalue weighted by atomic mass is 10.0. The summed E-state index contributed by atoms with van der Waals surface area (Å²) in [4.78, 5) is 1.68. The molecule has 0 bridgehead atoms. The van der Waals surface area contributed by atoms with Gasteiger partial charge in [0.15, 0.2) is 0 Å². The van der Waals surface area contributed by atoms with Crippen LogP contribution in [0.1, 0.15) is 5.56 Å². The summed E-state index contributed by atoms with van der Waals surface area (Å²) in [5.74, 6) is 0. The quantitative estimate of drug-likeness (QED) is 0.546. The van der Waals surface area contributed by atoms with Crippen molar-refractivity contribution < 1.29 is 0 Å². The zero-order chi connectivity index (χ0) is 14.9. The monoisotopic (exact) mass is 285 g/mol. The van der Waals surface area contributed by atoms with Crippen molar-refractivity contribution >= 4 is 10.8 Å². The molecule has 106 valence electrons. The van der Waals surface area contributed by atoms with Gasteiger partial charge >= 0.3 is 0 Å². The van der Waals surface area contributed by atoms with E-state index in [-0.39, 0.29) is 0 Å². The predicted octanol–water partition coefficient (Wildman–Crippen LogP) is 4.40. The minimum absolute atomic E-state index is 0.886. The van der Waals surface area contributed by atoms with Crippen LogP contribution < -0.4 is 0 Å². The zero-order valence-corrected chi connectivity index (χ0v) is 12.3. The molecule has 4 rings (SSSR count). The van der Waals surface area contributed by atoms with Crippen molar-refractivity contribution in [2.75, 3.05) is 0 Å². The maximum atomic E-state index is 4.64. The molecule has 0 spiro atoms. The van der Waals surface area contributed by atoms with E-state index in [1.165, 1.54) is 16.3 Å². The summed E-state index contributed by atoms with van der Waals surface area (Å²) >= 11 is 0. The summed E-state index contributed by atoms with van der Waals surface area (Å²) in [5, 5.41) is 11.4. The van der Waals surface area contributed by atoms with E-state index >= 15 is 0 Å². The van der Waals surface area contributed by atoms with E-state index in [0.717, 1.165) is 16.9 Å². The van der Waals surface area contributed by atoms with Crippen LogP contribution in [0.15, 0.2) is 72.9 Å². The second-order valence-electron chi connectivity index (χ2n) is 5.38. The van der Waals surface area contributed by atoms with Crippen molar-refractivity contribution in [2.45, 2.75) is 6.92 Å². The van der Waals surface area contributed by atoms with E-state index in [9.17, 15) is 0 Å². The Labute approximate surface area is 128 Å². The van der Waals surface area contributed by atoms with Gasteiger partial charge in [0.25, 0.3) is 0 Å². The van der Waals surface area contributed by atoms with Gasteiger partial charge in [-0.1, -0.05) is 60.2 Å². The molecule has 3 heteroatoms. The van der Waals surface area contributed by atoms with E-state index in [0.29, 0.717) is 0 Å². The van der Waals surface area contributed by atoms with E-state index in [2.05, 4.69) is 71.7 Å². The maximum absolute atomic E-state index is 4.64. The Balaban J connectivity index is 1.82. The molecule has 0 saturated carbocycles. The first-order valence-electron chi connectivity index (χ1n) is 7.29. The summed E-state index contributed by atoms with van der Waals surface area (Å²) in [6, 6.07) is 22.8. The number of rotatable bonds is 2. The van der Waals surface area contributed by atoms with Gasteiger partial charge in [0.2, 0.25) is 0 Å². The number of hydrogen-bond donors (Lipinski definition) is 0. The van der Waals surface area contributed by atoms with Gasteiger partial charge in [-0.05, 0) is 29.8 Å². The lowest BCUT2D eigenvalue weighted by molar-refractivity contribution is 0.753. The minimum Gasteiger partial charge on any atom is -0.156 e. The van der Waals surface area contributed by atoms with Gasteiger partial charge in [-0.15, -0.1) is 5.10 Å². The average Bonchev–Trinajstić information content (AvgIpc) is 3.05. The Morgan fingerprint density at radius 3 is 2.45 bits per heavy atom. The highest BCUT2D eigenvalue weighted by Crippen LogP contribution is 2.27. The minimum atomic E-state index is 0.886. The van der Waals surface area contributed by atoms with Crippen molar-refractivity contribution in [2.24, 2.45) is 0 Å². The third-order valence-electron chi connectivity index (χ3n) is 3.82. The molecule has 0 atom stereocenters. The molecule has 0 amide bonds. The summed E-state index contributed by atoms with van der Waals surface area (Å²) < 4.78 is 0. The first-order chi connectivity index (χ1) is 10.8. The van der Waals surface area contributed by atoms with Crippen LogP contribution in [0, 0.1) is 6.92 Å². The van der Waals surface area contributed by atoms with Gasteiger partial charge in [0, 0.05) is 5.56 Å². The largest absolute Gasteiger partial charge is 0.156 e. The fourth-order valence-corrected chi connectivity index (χ4v) is 2.64. The summed E-state index contributed by atoms with van der Waals surface area (Å²) in [5.41, 5.74) is 4.19. The molecule has 0 aliphatic rings. The number of fused-ring (bicyclic) bond motifs is 1. The van der Waals surface area contributed by atoms with Crippen LogP contribution in [-0.2, 0) is 0 Å². The Kier molecular flexibility index (Phi) is 2.97. The Bertz CT molecular complexity index is 931. The molecule has 3 nitrogen and oxygen atoms in total. The molecule has 22 heavy (non-hydrogen) atoms. The number of hydrogen-bond acceptors (Lipinski definition) is 2. The second-order valence-corrected chi connectivity index (χ2v) is 5.38. The van der Waals surface area contributed by atoms with Gasteiger partial charge in [0.05, 0.1) is 11.9 Å². The first-order valence-corrected chi connectivity index (χ1v) is 7.29. The number of aryl methyl sites for hydroxylation is 1. The Morgan fingerprint density at radius 2 is 1.59 bits per heavy atom. The van der Waals surface area contributed by atoms with Gasteiger partial charge in [-0.3, -0.25) is 0 Å². The molecule has 0 saturated heterocycles. The maximum Gasteiger partial charge on any atom is 0.114 e. The van der Waals surface area contributed by atoms with Crippen molar-refractivity contribution in [3.8, 4) is 16.9 Å². The second kappa shape index (κ2) is 5.11. The third-order valence-corrected chi connectivity index (χ3v) is 3.82. The van der Waals surface area contributed by atoms with Gasteiger partial charge in [-0.25, -0.2) is 0 Å². The van der Waals surface area contributed by atoms with Crippen LogP contribution in [0.2, 0.25) is 0 Å². The van der Waals surface area contributed by atoms with E-state index in [1.807, 2.05) is 18.3 Å². The van der Waals surface area contributed by atoms with Crippen LogP contribution in [0.4, 0.5) is 0 Å². The highest BCUT2D eigenvalue weighted by molar-refractivity contribution is 5.95. The molecular weight excluding hydrogens is 270 g/mol. The fourth-order valence-electron chi connectivity index (χ4n) is 2.64. The molecule has 0 aliphatic carbocycles. The highest BCUT2D eigenvalue weighted by atomic mass is 15.5. The topological polar surface area (TPSA) is 30.7 Å². The zero-order valence-electron chi connectivity index (χ0n) is 12.3. The molecule has 3 aromatic carbocycles. The molecule has 0 aliphatic heterocycles. The first kappa shape index (κ1) is 12.8. The molecule has 0 fully saturated rings. The smallest absolute Gasteiger partial charge is 0.114 e. The highest BCUT2D eigenvalue weighted by Gasteiger charge is 2.08. The predicted molar refractivity (Wildman–Crippen MR) is 89.0 cm³/mol. The fraction of sp³-hybridized carbons (Fsp3) is 0.0526. The molecule has 4 aromatic rings. The summed E-state index contributed by atoms with van der Waals surface area (Å²) in [6.45, 7) is 2.07. The Hall–Kier alpha value is -2.94. The lowest BCUT2D eigenvalue weighted by Gasteiger charge is -2.03. The number of aromatic nitrogens is 3. The van der Waals surface area contributed by atoms with Crippen molar-refractivity contribution in [1.29, 1.82) is 0 Å². The van der Waals surface area contributed by atoms with Gasteiger partial charge < -0.3 is 0 Å². The van der Waals surface area contributed by atoms with E-state index < -0.39 is 0 Å². The van der Waals surface area contributed by atoms with Crippen molar-refractivity contribution in [3.63, 3.8) is 0 Å². The van der Waals surface area contributed by atoms with Gasteiger partial charge in [0.1, 0.15) is 5.69 Å². The number of nitrogens with zero attached hydrogens (tertiary/aromatic N) is 3. The van der Waals surface area contributed by atoms with Crippen molar-refractivity contribution in [3.05, 3.63) is 78.5 Å². The average molecular weight is 285 g/mol. The SMILES string of the molecule is Cc1ccc(-n2ncc(-c3cccc4ccccc34)n2)cc1. The molecule has 1 aromatic heterocycles. The third kappa shape index (κ3) is 2.17. The van der Waals surface area contributed by atoms with Crippen molar-refractivity contribution in [1.82, 2.24) is 15.0 Å². The van der Waals surface area contributed by atoms with E-state index in [1.54, 1.807) is 4.80 Å². The molecule has 0 N–H and O–H groups in total. The van der Waals surface area contributed by atoms with Crippen LogP contribution >= 0.6 is 0 Å².